The predicted octanol–water partition coefficient (Wildman–Crippen LogP) is 4.34. The van der Waals surface area contributed by atoms with E-state index < -0.39 is 0 Å². The van der Waals surface area contributed by atoms with Crippen LogP contribution in [0.5, 0.6) is 5.75 Å². The van der Waals surface area contributed by atoms with Gasteiger partial charge >= 0.3 is 5.97 Å². The van der Waals surface area contributed by atoms with E-state index in [1.807, 2.05) is 49.4 Å². The highest BCUT2D eigenvalue weighted by atomic mass is 16.5. The standard InChI is InChI=1S/C17H18O2/c1-12(2)14-8-10-15(11-9-14)17(18)19-16-7-5-4-6-13(16)3/h4-12H,1-3H3. The number of carbonyl (C=O) groups is 1. The molecule has 2 aromatic rings. The summed E-state index contributed by atoms with van der Waals surface area (Å²) in [5.41, 5.74) is 2.75. The molecule has 0 heterocycles. The van der Waals surface area contributed by atoms with Crippen molar-refractivity contribution in [1.29, 1.82) is 0 Å². The van der Waals surface area contributed by atoms with Gasteiger partial charge in [-0.25, -0.2) is 4.79 Å². The summed E-state index contributed by atoms with van der Waals surface area (Å²) in [6.45, 7) is 6.17. The van der Waals surface area contributed by atoms with Gasteiger partial charge in [0.15, 0.2) is 0 Å². The lowest BCUT2D eigenvalue weighted by atomic mass is 10.0. The molecule has 0 atom stereocenters. The molecule has 0 spiro atoms. The third kappa shape index (κ3) is 3.22. The Bertz CT molecular complexity index is 568. The minimum absolute atomic E-state index is 0.315. The number of benzene rings is 2. The summed E-state index contributed by atoms with van der Waals surface area (Å²) in [7, 11) is 0. The van der Waals surface area contributed by atoms with E-state index in [0.717, 1.165) is 5.56 Å². The number of aryl methyl sites for hydroxylation is 1. The highest BCUT2D eigenvalue weighted by Gasteiger charge is 2.10. The van der Waals surface area contributed by atoms with Crippen molar-refractivity contribution in [3.8, 4) is 5.75 Å². The first-order chi connectivity index (χ1) is 9.08. The molecule has 0 unspecified atom stereocenters. The summed E-state index contributed by atoms with van der Waals surface area (Å²) in [5.74, 6) is 0.756. The second-order valence-electron chi connectivity index (χ2n) is 4.93. The lowest BCUT2D eigenvalue weighted by Crippen LogP contribution is -2.09. The molecule has 98 valence electrons. The minimum Gasteiger partial charge on any atom is -0.423 e. The van der Waals surface area contributed by atoms with Crippen molar-refractivity contribution < 1.29 is 9.53 Å². The van der Waals surface area contributed by atoms with Crippen LogP contribution < -0.4 is 4.74 Å². The Morgan fingerprint density at radius 3 is 2.21 bits per heavy atom. The molecule has 2 rings (SSSR count). The second-order valence-corrected chi connectivity index (χ2v) is 4.93. The molecular weight excluding hydrogens is 236 g/mol. The summed E-state index contributed by atoms with van der Waals surface area (Å²) in [6, 6.07) is 15.1. The minimum atomic E-state index is -0.315. The Balaban J connectivity index is 2.14. The van der Waals surface area contributed by atoms with Gasteiger partial charge in [-0.15, -0.1) is 0 Å². The van der Waals surface area contributed by atoms with Crippen molar-refractivity contribution in [2.24, 2.45) is 0 Å². The van der Waals surface area contributed by atoms with Crippen molar-refractivity contribution in [2.75, 3.05) is 0 Å². The first kappa shape index (κ1) is 13.3. The van der Waals surface area contributed by atoms with E-state index in [1.54, 1.807) is 6.07 Å². The van der Waals surface area contributed by atoms with Gasteiger partial charge in [0.25, 0.3) is 0 Å². The molecule has 0 fully saturated rings. The molecule has 19 heavy (non-hydrogen) atoms. The predicted molar refractivity (Wildman–Crippen MR) is 76.7 cm³/mol. The Labute approximate surface area is 114 Å². The lowest BCUT2D eigenvalue weighted by molar-refractivity contribution is 0.0733. The van der Waals surface area contributed by atoms with Gasteiger partial charge in [-0.05, 0) is 42.2 Å². The summed E-state index contributed by atoms with van der Waals surface area (Å²) in [5, 5.41) is 0. The number of esters is 1. The van der Waals surface area contributed by atoms with Crippen LogP contribution in [0.15, 0.2) is 48.5 Å². The largest absolute Gasteiger partial charge is 0.423 e. The third-order valence-corrected chi connectivity index (χ3v) is 3.11. The van der Waals surface area contributed by atoms with Gasteiger partial charge in [0.05, 0.1) is 5.56 Å². The molecule has 0 N–H and O–H groups in total. The normalized spacial score (nSPS) is 10.5. The molecule has 0 aliphatic rings. The topological polar surface area (TPSA) is 26.3 Å². The average Bonchev–Trinajstić information content (AvgIpc) is 2.41. The van der Waals surface area contributed by atoms with Crippen LogP contribution in [0.25, 0.3) is 0 Å². The number of hydrogen-bond acceptors (Lipinski definition) is 2. The zero-order chi connectivity index (χ0) is 13.8. The molecule has 2 aromatic carbocycles. The molecule has 0 radical (unpaired) electrons. The van der Waals surface area contributed by atoms with Gasteiger partial charge in [0.1, 0.15) is 5.75 Å². The molecular formula is C17H18O2. The summed E-state index contributed by atoms with van der Waals surface area (Å²) >= 11 is 0. The molecule has 2 heteroatoms. The zero-order valence-electron chi connectivity index (χ0n) is 11.5. The monoisotopic (exact) mass is 254 g/mol. The van der Waals surface area contributed by atoms with Crippen LogP contribution in [0.3, 0.4) is 0 Å². The SMILES string of the molecule is Cc1ccccc1OC(=O)c1ccc(C(C)C)cc1. The maximum Gasteiger partial charge on any atom is 0.343 e. The first-order valence-electron chi connectivity index (χ1n) is 6.45. The van der Waals surface area contributed by atoms with Crippen LogP contribution >= 0.6 is 0 Å². The molecule has 0 aliphatic heterocycles. The summed E-state index contributed by atoms with van der Waals surface area (Å²) in [4.78, 5) is 12.0. The highest BCUT2D eigenvalue weighted by molar-refractivity contribution is 5.91. The molecule has 0 aromatic heterocycles. The third-order valence-electron chi connectivity index (χ3n) is 3.11. The average molecular weight is 254 g/mol. The van der Waals surface area contributed by atoms with Gasteiger partial charge in [0, 0.05) is 0 Å². The lowest BCUT2D eigenvalue weighted by Gasteiger charge is -2.08. The van der Waals surface area contributed by atoms with Gasteiger partial charge in [0.2, 0.25) is 0 Å². The second kappa shape index (κ2) is 5.70. The van der Waals surface area contributed by atoms with E-state index in [2.05, 4.69) is 13.8 Å². The van der Waals surface area contributed by atoms with E-state index in [4.69, 9.17) is 4.74 Å². The fraction of sp³-hybridized carbons (Fsp3) is 0.235. The van der Waals surface area contributed by atoms with Crippen LogP contribution in [0, 0.1) is 6.92 Å². The van der Waals surface area contributed by atoms with Crippen LogP contribution in [0.4, 0.5) is 0 Å². The maximum absolute atomic E-state index is 12.0. The molecule has 0 saturated heterocycles. The molecule has 2 nitrogen and oxygen atoms in total. The number of carbonyl (C=O) groups excluding carboxylic acids is 1. The zero-order valence-corrected chi connectivity index (χ0v) is 11.5. The number of hydrogen-bond donors (Lipinski definition) is 0. The van der Waals surface area contributed by atoms with E-state index in [0.29, 0.717) is 17.2 Å². The van der Waals surface area contributed by atoms with Crippen molar-refractivity contribution in [1.82, 2.24) is 0 Å². The van der Waals surface area contributed by atoms with E-state index in [9.17, 15) is 4.79 Å². The van der Waals surface area contributed by atoms with E-state index in [1.165, 1.54) is 5.56 Å². The van der Waals surface area contributed by atoms with Gasteiger partial charge in [-0.2, -0.15) is 0 Å². The highest BCUT2D eigenvalue weighted by Crippen LogP contribution is 2.19. The van der Waals surface area contributed by atoms with Crippen molar-refractivity contribution in [2.45, 2.75) is 26.7 Å². The summed E-state index contributed by atoms with van der Waals surface area (Å²) in [6.07, 6.45) is 0. The number of para-hydroxylation sites is 1. The van der Waals surface area contributed by atoms with E-state index in [-0.39, 0.29) is 5.97 Å². The molecule has 0 amide bonds. The molecule has 0 bridgehead atoms. The molecule has 0 aliphatic carbocycles. The van der Waals surface area contributed by atoms with Crippen LogP contribution in [0.2, 0.25) is 0 Å². The smallest absolute Gasteiger partial charge is 0.343 e. The fourth-order valence-corrected chi connectivity index (χ4v) is 1.83. The molecule has 0 saturated carbocycles. The Morgan fingerprint density at radius 2 is 1.63 bits per heavy atom. The number of ether oxygens (including phenoxy) is 1. The van der Waals surface area contributed by atoms with Crippen molar-refractivity contribution in [3.63, 3.8) is 0 Å². The van der Waals surface area contributed by atoms with Gasteiger partial charge in [-0.3, -0.25) is 0 Å². The Morgan fingerprint density at radius 1 is 1.00 bits per heavy atom. The van der Waals surface area contributed by atoms with E-state index >= 15 is 0 Å². The van der Waals surface area contributed by atoms with Crippen LogP contribution in [-0.2, 0) is 0 Å². The number of rotatable bonds is 3. The fourth-order valence-electron chi connectivity index (χ4n) is 1.83. The first-order valence-corrected chi connectivity index (χ1v) is 6.45. The van der Waals surface area contributed by atoms with Gasteiger partial charge in [-0.1, -0.05) is 44.2 Å². The van der Waals surface area contributed by atoms with Crippen LogP contribution in [-0.4, -0.2) is 5.97 Å². The maximum atomic E-state index is 12.0. The Hall–Kier alpha value is -2.09. The summed E-state index contributed by atoms with van der Waals surface area (Å²) < 4.78 is 5.39. The Kier molecular flexibility index (Phi) is 4.00. The van der Waals surface area contributed by atoms with Gasteiger partial charge < -0.3 is 4.74 Å². The van der Waals surface area contributed by atoms with Crippen LogP contribution in [0.1, 0.15) is 41.3 Å². The van der Waals surface area contributed by atoms with Crippen molar-refractivity contribution >= 4 is 5.97 Å². The van der Waals surface area contributed by atoms with Crippen molar-refractivity contribution in [3.05, 3.63) is 65.2 Å². The quantitative estimate of drug-likeness (QED) is 0.601.